The van der Waals surface area contributed by atoms with Crippen molar-refractivity contribution in [3.63, 3.8) is 0 Å². The molecule has 0 bridgehead atoms. The van der Waals surface area contributed by atoms with Crippen LogP contribution in [0, 0.1) is 36.4 Å². The van der Waals surface area contributed by atoms with Crippen LogP contribution in [0.25, 0.3) is 5.57 Å². The number of nitrogens with one attached hydrogen (secondary N) is 1. The van der Waals surface area contributed by atoms with Crippen LogP contribution < -0.4 is 5.32 Å². The quantitative estimate of drug-likeness (QED) is 0.778. The van der Waals surface area contributed by atoms with Crippen LogP contribution in [0.4, 0.5) is 4.39 Å². The fourth-order valence-electron chi connectivity index (χ4n) is 2.82. The van der Waals surface area contributed by atoms with E-state index in [4.69, 9.17) is 0 Å². The zero-order valence-corrected chi connectivity index (χ0v) is 15.8. The Bertz CT molecular complexity index is 894. The molecule has 0 fully saturated rings. The highest BCUT2D eigenvalue weighted by Gasteiger charge is 2.25. The lowest BCUT2D eigenvalue weighted by atomic mass is 9.86. The minimum atomic E-state index is -0.480. The van der Waals surface area contributed by atoms with E-state index >= 15 is 0 Å². The van der Waals surface area contributed by atoms with E-state index in [2.05, 4.69) is 11.4 Å². The molecule has 1 N–H and O–H groups in total. The zero-order chi connectivity index (χ0) is 19.5. The number of carbonyl (C=O) groups is 1. The van der Waals surface area contributed by atoms with Crippen molar-refractivity contribution in [2.24, 2.45) is 5.41 Å². The minimum absolute atomic E-state index is 0.212. The summed E-state index contributed by atoms with van der Waals surface area (Å²) >= 11 is 0. The van der Waals surface area contributed by atoms with Gasteiger partial charge in [-0.2, -0.15) is 5.26 Å². The molecule has 2 aromatic carbocycles. The van der Waals surface area contributed by atoms with Crippen LogP contribution in [-0.4, -0.2) is 5.91 Å². The molecular formula is C22H23FN2O. The average Bonchev–Trinajstić information content (AvgIpc) is 2.52. The molecule has 0 saturated heterocycles. The van der Waals surface area contributed by atoms with Crippen molar-refractivity contribution in [1.29, 1.82) is 5.26 Å². The van der Waals surface area contributed by atoms with E-state index in [0.29, 0.717) is 11.3 Å². The zero-order valence-electron chi connectivity index (χ0n) is 15.8. The molecule has 3 nitrogen and oxygen atoms in total. The largest absolute Gasteiger partial charge is 0.324 e. The second-order valence-corrected chi connectivity index (χ2v) is 7.45. The Balaban J connectivity index is 2.56. The Morgan fingerprint density at radius 2 is 1.65 bits per heavy atom. The molecule has 0 unspecified atom stereocenters. The maximum Gasteiger partial charge on any atom is 0.255 e. The second kappa shape index (κ2) is 7.53. The highest BCUT2D eigenvalue weighted by atomic mass is 19.1. The Morgan fingerprint density at radius 1 is 1.04 bits per heavy atom. The Hall–Kier alpha value is -2.93. The molecule has 134 valence electrons. The predicted molar refractivity (Wildman–Crippen MR) is 102 cm³/mol. The summed E-state index contributed by atoms with van der Waals surface area (Å²) in [7, 11) is 0. The predicted octanol–water partition coefficient (Wildman–Crippen LogP) is 5.15. The fourth-order valence-corrected chi connectivity index (χ4v) is 2.82. The van der Waals surface area contributed by atoms with Crippen LogP contribution in [0.2, 0.25) is 0 Å². The van der Waals surface area contributed by atoms with Gasteiger partial charge in [0.2, 0.25) is 0 Å². The number of benzene rings is 2. The van der Waals surface area contributed by atoms with E-state index in [-0.39, 0.29) is 5.56 Å². The molecule has 4 heteroatoms. The van der Waals surface area contributed by atoms with Gasteiger partial charge in [-0.1, -0.05) is 56.2 Å². The van der Waals surface area contributed by atoms with Gasteiger partial charge in [0, 0.05) is 16.7 Å². The van der Waals surface area contributed by atoms with E-state index < -0.39 is 17.1 Å². The summed E-state index contributed by atoms with van der Waals surface area (Å²) in [5, 5.41) is 12.6. The van der Waals surface area contributed by atoms with Crippen LogP contribution in [0.5, 0.6) is 0 Å². The van der Waals surface area contributed by atoms with Crippen molar-refractivity contribution in [3.8, 4) is 6.07 Å². The number of aryl methyl sites for hydroxylation is 2. The van der Waals surface area contributed by atoms with Gasteiger partial charge < -0.3 is 5.32 Å². The van der Waals surface area contributed by atoms with Crippen molar-refractivity contribution >= 4 is 11.5 Å². The summed E-state index contributed by atoms with van der Waals surface area (Å²) < 4.78 is 13.4. The summed E-state index contributed by atoms with van der Waals surface area (Å²) in [5.74, 6) is -0.916. The summed E-state index contributed by atoms with van der Waals surface area (Å²) in [5.41, 5.74) is 3.49. The summed E-state index contributed by atoms with van der Waals surface area (Å²) in [6.45, 7) is 9.71. The van der Waals surface area contributed by atoms with E-state index in [1.54, 1.807) is 6.07 Å². The van der Waals surface area contributed by atoms with Gasteiger partial charge in [0.05, 0.1) is 5.57 Å². The average molecular weight is 350 g/mol. The standard InChI is InChI=1S/C22H23FN2O/c1-14-9-15(2)11-17(10-14)19(13-24)20(22(3,4)5)25-21(26)16-7-6-8-18(23)12-16/h6-12H,1-5H3,(H,25,26). The fraction of sp³-hybridized carbons (Fsp3) is 0.273. The second-order valence-electron chi connectivity index (χ2n) is 7.45. The van der Waals surface area contributed by atoms with E-state index in [1.165, 1.54) is 18.2 Å². The highest BCUT2D eigenvalue weighted by molar-refractivity contribution is 5.97. The molecule has 0 heterocycles. The van der Waals surface area contributed by atoms with Crippen molar-refractivity contribution in [1.82, 2.24) is 5.32 Å². The van der Waals surface area contributed by atoms with Gasteiger partial charge in [0.25, 0.3) is 5.91 Å². The first-order valence-corrected chi connectivity index (χ1v) is 8.42. The smallest absolute Gasteiger partial charge is 0.255 e. The summed E-state index contributed by atoms with van der Waals surface area (Å²) in [4.78, 5) is 12.6. The number of halogens is 1. The molecule has 0 spiro atoms. The van der Waals surface area contributed by atoms with E-state index in [9.17, 15) is 14.4 Å². The van der Waals surface area contributed by atoms with Crippen LogP contribution >= 0.6 is 0 Å². The maximum atomic E-state index is 13.4. The van der Waals surface area contributed by atoms with Crippen molar-refractivity contribution < 1.29 is 9.18 Å². The maximum absolute atomic E-state index is 13.4. The lowest BCUT2D eigenvalue weighted by molar-refractivity contribution is 0.0957. The van der Waals surface area contributed by atoms with Crippen molar-refractivity contribution in [2.45, 2.75) is 34.6 Å². The summed E-state index contributed by atoms with van der Waals surface area (Å²) in [6, 6.07) is 13.6. The van der Waals surface area contributed by atoms with E-state index in [0.717, 1.165) is 16.7 Å². The molecule has 0 radical (unpaired) electrons. The van der Waals surface area contributed by atoms with Gasteiger partial charge in [-0.15, -0.1) is 0 Å². The van der Waals surface area contributed by atoms with Crippen LogP contribution in [0.3, 0.4) is 0 Å². The molecular weight excluding hydrogens is 327 g/mol. The minimum Gasteiger partial charge on any atom is -0.324 e. The molecule has 0 aliphatic heterocycles. The van der Waals surface area contributed by atoms with Crippen molar-refractivity contribution in [3.05, 3.63) is 76.2 Å². The van der Waals surface area contributed by atoms with Gasteiger partial charge in [-0.25, -0.2) is 4.39 Å². The Kier molecular flexibility index (Phi) is 5.62. The first-order valence-electron chi connectivity index (χ1n) is 8.42. The number of amides is 1. The highest BCUT2D eigenvalue weighted by Crippen LogP contribution is 2.31. The number of rotatable bonds is 3. The molecule has 1 amide bonds. The molecule has 26 heavy (non-hydrogen) atoms. The lowest BCUT2D eigenvalue weighted by Crippen LogP contribution is -2.31. The molecule has 2 rings (SSSR count). The van der Waals surface area contributed by atoms with Gasteiger partial charge in [-0.05, 0) is 37.6 Å². The van der Waals surface area contributed by atoms with Gasteiger partial charge in [0.1, 0.15) is 11.9 Å². The third-order valence-corrected chi connectivity index (χ3v) is 3.95. The third kappa shape index (κ3) is 4.58. The van der Waals surface area contributed by atoms with Crippen molar-refractivity contribution in [2.75, 3.05) is 0 Å². The number of carbonyl (C=O) groups excluding carboxylic acids is 1. The number of nitriles is 1. The number of hydrogen-bond donors (Lipinski definition) is 1. The Morgan fingerprint density at radius 3 is 2.15 bits per heavy atom. The SMILES string of the molecule is Cc1cc(C)cc(C(C#N)=C(NC(=O)c2cccc(F)c2)C(C)(C)C)c1. The molecule has 0 saturated carbocycles. The van der Waals surface area contributed by atoms with Crippen LogP contribution in [0.1, 0.15) is 47.8 Å². The first-order chi connectivity index (χ1) is 12.1. The number of nitrogens with zero attached hydrogens (tertiary/aromatic N) is 1. The lowest BCUT2D eigenvalue weighted by Gasteiger charge is -2.26. The third-order valence-electron chi connectivity index (χ3n) is 3.95. The van der Waals surface area contributed by atoms with Gasteiger partial charge in [-0.3, -0.25) is 4.79 Å². The number of allylic oxidation sites excluding steroid dienone is 2. The summed E-state index contributed by atoms with van der Waals surface area (Å²) in [6.07, 6.45) is 0. The normalized spacial score (nSPS) is 12.2. The monoisotopic (exact) mass is 350 g/mol. The number of hydrogen-bond acceptors (Lipinski definition) is 2. The first kappa shape index (κ1) is 19.4. The molecule has 0 aliphatic carbocycles. The van der Waals surface area contributed by atoms with E-state index in [1.807, 2.05) is 52.8 Å². The van der Waals surface area contributed by atoms with Crippen LogP contribution in [-0.2, 0) is 0 Å². The van der Waals surface area contributed by atoms with Gasteiger partial charge in [0.15, 0.2) is 0 Å². The molecule has 2 aromatic rings. The van der Waals surface area contributed by atoms with Gasteiger partial charge >= 0.3 is 0 Å². The van der Waals surface area contributed by atoms with Crippen LogP contribution in [0.15, 0.2) is 48.2 Å². The topological polar surface area (TPSA) is 52.9 Å². The molecule has 0 aromatic heterocycles. The molecule has 0 aliphatic rings. The Labute approximate surface area is 154 Å². The molecule has 0 atom stereocenters.